The minimum absolute atomic E-state index is 0.115. The Labute approximate surface area is 147 Å². The van der Waals surface area contributed by atoms with E-state index in [-0.39, 0.29) is 18.4 Å². The molecule has 3 heterocycles. The molecule has 2 fully saturated rings. The predicted molar refractivity (Wildman–Crippen MR) is 89.8 cm³/mol. The molecule has 2 aliphatic rings. The van der Waals surface area contributed by atoms with Gasteiger partial charge in [-0.3, -0.25) is 14.4 Å². The van der Waals surface area contributed by atoms with Crippen molar-refractivity contribution >= 4 is 17.5 Å². The van der Waals surface area contributed by atoms with Crippen LogP contribution in [0.1, 0.15) is 6.42 Å². The Morgan fingerprint density at radius 2 is 2.08 bits per heavy atom. The molecule has 2 aliphatic heterocycles. The molecule has 2 saturated heterocycles. The van der Waals surface area contributed by atoms with Gasteiger partial charge in [0.15, 0.2) is 0 Å². The lowest BCUT2D eigenvalue weighted by Gasteiger charge is -2.30. The molecule has 7 nitrogen and oxygen atoms in total. The van der Waals surface area contributed by atoms with Gasteiger partial charge in [0, 0.05) is 64.4 Å². The van der Waals surface area contributed by atoms with Crippen molar-refractivity contribution in [1.29, 1.82) is 0 Å². The molecule has 3 rings (SSSR count). The Morgan fingerprint density at radius 3 is 2.75 bits per heavy atom. The smallest absolute Gasteiger partial charge is 0.224 e. The van der Waals surface area contributed by atoms with Crippen molar-refractivity contribution in [3.05, 3.63) is 17.4 Å². The largest absolute Gasteiger partial charge is 0.396 e. The van der Waals surface area contributed by atoms with Gasteiger partial charge in [0.25, 0.3) is 0 Å². The van der Waals surface area contributed by atoms with Crippen LogP contribution in [0.15, 0.2) is 12.4 Å². The SMILES string of the molecule is O=C(CCn1cc(Cl)cn1)N1C[C@@H](CO)[C@@H](CN2CCOCC2)C1. The van der Waals surface area contributed by atoms with Crippen molar-refractivity contribution in [2.24, 2.45) is 11.8 Å². The molecular formula is C16H25ClN4O3. The summed E-state index contributed by atoms with van der Waals surface area (Å²) in [5.41, 5.74) is 0. The van der Waals surface area contributed by atoms with Crippen LogP contribution in [0.2, 0.25) is 5.02 Å². The van der Waals surface area contributed by atoms with Crippen LogP contribution in [0.5, 0.6) is 0 Å². The third-order valence-electron chi connectivity index (χ3n) is 4.92. The van der Waals surface area contributed by atoms with Gasteiger partial charge in [-0.15, -0.1) is 0 Å². The number of rotatable bonds is 6. The Morgan fingerprint density at radius 1 is 1.33 bits per heavy atom. The van der Waals surface area contributed by atoms with Crippen LogP contribution in [0.3, 0.4) is 0 Å². The molecule has 0 spiro atoms. The highest BCUT2D eigenvalue weighted by Crippen LogP contribution is 2.25. The zero-order valence-corrected chi connectivity index (χ0v) is 14.6. The number of hydrogen-bond donors (Lipinski definition) is 1. The fourth-order valence-corrected chi connectivity index (χ4v) is 3.66. The lowest BCUT2D eigenvalue weighted by molar-refractivity contribution is -0.130. The molecular weight excluding hydrogens is 332 g/mol. The predicted octanol–water partition coefficient (Wildman–Crippen LogP) is 0.326. The summed E-state index contributed by atoms with van der Waals surface area (Å²) in [6.07, 6.45) is 3.69. The van der Waals surface area contributed by atoms with Crippen LogP contribution >= 0.6 is 11.6 Å². The molecule has 1 aromatic heterocycles. The summed E-state index contributed by atoms with van der Waals surface area (Å²) in [4.78, 5) is 16.7. The van der Waals surface area contributed by atoms with Gasteiger partial charge in [0.2, 0.25) is 5.91 Å². The number of likely N-dealkylation sites (tertiary alicyclic amines) is 1. The first-order valence-corrected chi connectivity index (χ1v) is 8.90. The fraction of sp³-hybridized carbons (Fsp3) is 0.750. The highest BCUT2D eigenvalue weighted by molar-refractivity contribution is 6.30. The number of amides is 1. The molecule has 0 bridgehead atoms. The van der Waals surface area contributed by atoms with E-state index in [2.05, 4.69) is 10.00 Å². The number of ether oxygens (including phenoxy) is 1. The minimum Gasteiger partial charge on any atom is -0.396 e. The van der Waals surface area contributed by atoms with Crippen molar-refractivity contribution in [1.82, 2.24) is 19.6 Å². The van der Waals surface area contributed by atoms with Gasteiger partial charge in [-0.2, -0.15) is 5.10 Å². The Kier molecular flexibility index (Phi) is 6.10. The molecule has 0 saturated carbocycles. The van der Waals surface area contributed by atoms with E-state index in [0.717, 1.165) is 39.4 Å². The van der Waals surface area contributed by atoms with E-state index in [1.807, 2.05) is 4.90 Å². The van der Waals surface area contributed by atoms with Crippen molar-refractivity contribution in [2.75, 3.05) is 52.5 Å². The van der Waals surface area contributed by atoms with E-state index in [9.17, 15) is 9.90 Å². The van der Waals surface area contributed by atoms with E-state index in [0.29, 0.717) is 30.5 Å². The second-order valence-corrected chi connectivity index (χ2v) is 7.02. The van der Waals surface area contributed by atoms with E-state index < -0.39 is 0 Å². The average molecular weight is 357 g/mol. The summed E-state index contributed by atoms with van der Waals surface area (Å²) in [7, 11) is 0. The average Bonchev–Trinajstić information content (AvgIpc) is 3.19. The van der Waals surface area contributed by atoms with Crippen LogP contribution in [0.25, 0.3) is 0 Å². The number of aliphatic hydroxyl groups excluding tert-OH is 1. The van der Waals surface area contributed by atoms with Gasteiger partial charge in [0.1, 0.15) is 0 Å². The molecule has 1 aromatic rings. The van der Waals surface area contributed by atoms with Crippen molar-refractivity contribution in [3.8, 4) is 0 Å². The number of hydrogen-bond acceptors (Lipinski definition) is 5. The Bertz CT molecular complexity index is 547. The van der Waals surface area contributed by atoms with E-state index in [4.69, 9.17) is 16.3 Å². The highest BCUT2D eigenvalue weighted by Gasteiger charge is 2.35. The molecule has 0 aliphatic carbocycles. The monoisotopic (exact) mass is 356 g/mol. The summed E-state index contributed by atoms with van der Waals surface area (Å²) in [5, 5.41) is 14.3. The number of halogens is 1. The maximum atomic E-state index is 12.5. The van der Waals surface area contributed by atoms with Gasteiger partial charge in [-0.05, 0) is 5.92 Å². The molecule has 24 heavy (non-hydrogen) atoms. The summed E-state index contributed by atoms with van der Waals surface area (Å²) in [5.74, 6) is 0.608. The number of carbonyl (C=O) groups excluding carboxylic acids is 1. The third-order valence-corrected chi connectivity index (χ3v) is 5.11. The molecule has 1 amide bonds. The zero-order valence-electron chi connectivity index (χ0n) is 13.8. The molecule has 0 radical (unpaired) electrons. The number of morpholine rings is 1. The third kappa shape index (κ3) is 4.47. The zero-order chi connectivity index (χ0) is 16.9. The van der Waals surface area contributed by atoms with Gasteiger partial charge in [-0.25, -0.2) is 0 Å². The summed E-state index contributed by atoms with van der Waals surface area (Å²) >= 11 is 5.83. The Balaban J connectivity index is 1.49. The summed E-state index contributed by atoms with van der Waals surface area (Å²) in [6.45, 7) is 6.36. The van der Waals surface area contributed by atoms with Gasteiger partial charge < -0.3 is 14.7 Å². The molecule has 0 aromatic carbocycles. The lowest BCUT2D eigenvalue weighted by atomic mass is 9.96. The fourth-order valence-electron chi connectivity index (χ4n) is 3.50. The van der Waals surface area contributed by atoms with Crippen molar-refractivity contribution in [3.63, 3.8) is 0 Å². The van der Waals surface area contributed by atoms with Crippen molar-refractivity contribution < 1.29 is 14.6 Å². The molecule has 8 heteroatoms. The number of carbonyl (C=O) groups is 1. The van der Waals surface area contributed by atoms with Gasteiger partial charge >= 0.3 is 0 Å². The molecule has 2 atom stereocenters. The van der Waals surface area contributed by atoms with Crippen LogP contribution in [-0.4, -0.2) is 83.1 Å². The summed E-state index contributed by atoms with van der Waals surface area (Å²) in [6, 6.07) is 0. The number of aryl methyl sites for hydroxylation is 1. The lowest BCUT2D eigenvalue weighted by Crippen LogP contribution is -2.41. The molecule has 134 valence electrons. The van der Waals surface area contributed by atoms with E-state index in [1.54, 1.807) is 17.1 Å². The number of aromatic nitrogens is 2. The second-order valence-electron chi connectivity index (χ2n) is 6.59. The quantitative estimate of drug-likeness (QED) is 0.795. The van der Waals surface area contributed by atoms with Gasteiger partial charge in [-0.1, -0.05) is 11.6 Å². The standard InChI is InChI=1S/C16H25ClN4O3/c17-15-7-18-21(11-15)2-1-16(23)20-9-13(14(10-20)12-22)8-19-3-5-24-6-4-19/h7,11,13-14,22H,1-6,8-10,12H2/t13-,14-/m0/s1. The normalized spacial score (nSPS) is 25.3. The minimum atomic E-state index is 0.115. The first-order chi connectivity index (χ1) is 11.7. The summed E-state index contributed by atoms with van der Waals surface area (Å²) < 4.78 is 7.06. The second kappa shape index (κ2) is 8.29. The highest BCUT2D eigenvalue weighted by atomic mass is 35.5. The first-order valence-electron chi connectivity index (χ1n) is 8.52. The van der Waals surface area contributed by atoms with Crippen LogP contribution in [-0.2, 0) is 16.1 Å². The van der Waals surface area contributed by atoms with Crippen LogP contribution in [0.4, 0.5) is 0 Å². The van der Waals surface area contributed by atoms with E-state index >= 15 is 0 Å². The van der Waals surface area contributed by atoms with Crippen LogP contribution < -0.4 is 0 Å². The Hall–Kier alpha value is -1.15. The maximum absolute atomic E-state index is 12.5. The van der Waals surface area contributed by atoms with Crippen LogP contribution in [0, 0.1) is 11.8 Å². The maximum Gasteiger partial charge on any atom is 0.224 e. The topological polar surface area (TPSA) is 70.8 Å². The number of aliphatic hydroxyl groups is 1. The van der Waals surface area contributed by atoms with Crippen molar-refractivity contribution in [2.45, 2.75) is 13.0 Å². The van der Waals surface area contributed by atoms with E-state index in [1.165, 1.54) is 0 Å². The number of nitrogens with zero attached hydrogens (tertiary/aromatic N) is 4. The first kappa shape index (κ1) is 17.7. The molecule has 1 N–H and O–H groups in total. The molecule has 0 unspecified atom stereocenters. The van der Waals surface area contributed by atoms with Gasteiger partial charge in [0.05, 0.1) is 24.4 Å².